The molecule has 0 aliphatic rings. The Bertz CT molecular complexity index is 316. The number of rotatable bonds is 5. The molecule has 0 heterocycles. The minimum Gasteiger partial charge on any atom is -0.492 e. The lowest BCUT2D eigenvalue weighted by atomic mass is 10.3. The lowest BCUT2D eigenvalue weighted by Crippen LogP contribution is -2.28. The van der Waals surface area contributed by atoms with Crippen LogP contribution in [0.2, 0.25) is 0 Å². The number of carbonyl (C=O) groups is 1. The highest BCUT2D eigenvalue weighted by Gasteiger charge is 1.97. The van der Waals surface area contributed by atoms with Crippen molar-refractivity contribution in [3.8, 4) is 5.75 Å². The fourth-order valence-corrected chi connectivity index (χ4v) is 1.03. The van der Waals surface area contributed by atoms with Crippen molar-refractivity contribution in [1.29, 1.82) is 0 Å². The summed E-state index contributed by atoms with van der Waals surface area (Å²) in [7, 11) is 0. The van der Waals surface area contributed by atoms with Crippen LogP contribution in [0.4, 0.5) is 4.39 Å². The summed E-state index contributed by atoms with van der Waals surface area (Å²) in [6, 6.07) is 5.68. The Morgan fingerprint density at radius 1 is 1.40 bits per heavy atom. The lowest BCUT2D eigenvalue weighted by Gasteiger charge is -2.06. The predicted molar refractivity (Wildman–Crippen MR) is 55.6 cm³/mol. The molecule has 1 N–H and O–H groups in total. The van der Waals surface area contributed by atoms with Crippen LogP contribution in [0.15, 0.2) is 24.3 Å². The van der Waals surface area contributed by atoms with Gasteiger partial charge in [-0.15, -0.1) is 11.6 Å². The van der Waals surface area contributed by atoms with Gasteiger partial charge in [0.1, 0.15) is 24.1 Å². The van der Waals surface area contributed by atoms with Gasteiger partial charge < -0.3 is 10.1 Å². The van der Waals surface area contributed by atoms with E-state index in [0.717, 1.165) is 0 Å². The van der Waals surface area contributed by atoms with Crippen molar-refractivity contribution < 1.29 is 13.9 Å². The molecule has 1 aromatic carbocycles. The molecule has 1 aromatic rings. The van der Waals surface area contributed by atoms with E-state index in [1.54, 1.807) is 0 Å². The van der Waals surface area contributed by atoms with Gasteiger partial charge in [-0.05, 0) is 24.3 Å². The van der Waals surface area contributed by atoms with Crippen molar-refractivity contribution >= 4 is 17.5 Å². The maximum Gasteiger partial charge on any atom is 0.235 e. The van der Waals surface area contributed by atoms with Crippen molar-refractivity contribution in [2.45, 2.75) is 0 Å². The Balaban J connectivity index is 2.20. The topological polar surface area (TPSA) is 38.3 Å². The molecule has 82 valence electrons. The molecule has 0 unspecified atom stereocenters. The van der Waals surface area contributed by atoms with Gasteiger partial charge in [-0.2, -0.15) is 0 Å². The summed E-state index contributed by atoms with van der Waals surface area (Å²) in [6.45, 7) is 0.706. The van der Waals surface area contributed by atoms with Crippen LogP contribution in [0.5, 0.6) is 5.75 Å². The molecule has 15 heavy (non-hydrogen) atoms. The Morgan fingerprint density at radius 2 is 2.07 bits per heavy atom. The Labute approximate surface area is 92.2 Å². The van der Waals surface area contributed by atoms with Gasteiger partial charge in [0, 0.05) is 0 Å². The average Bonchev–Trinajstić information content (AvgIpc) is 2.26. The number of nitrogens with one attached hydrogen (secondary N) is 1. The fourth-order valence-electron chi connectivity index (χ4n) is 0.937. The number of ether oxygens (including phenoxy) is 1. The summed E-state index contributed by atoms with van der Waals surface area (Å²) in [5, 5.41) is 2.54. The Morgan fingerprint density at radius 3 is 2.67 bits per heavy atom. The van der Waals surface area contributed by atoms with Crippen molar-refractivity contribution in [1.82, 2.24) is 5.32 Å². The van der Waals surface area contributed by atoms with E-state index in [1.165, 1.54) is 24.3 Å². The molecule has 0 radical (unpaired) electrons. The molecule has 0 aromatic heterocycles. The third-order valence-corrected chi connectivity index (χ3v) is 1.87. The highest BCUT2D eigenvalue weighted by atomic mass is 35.5. The first kappa shape index (κ1) is 11.8. The largest absolute Gasteiger partial charge is 0.492 e. The van der Waals surface area contributed by atoms with E-state index in [4.69, 9.17) is 16.3 Å². The number of hydrogen-bond acceptors (Lipinski definition) is 2. The number of alkyl halides is 1. The van der Waals surface area contributed by atoms with E-state index in [0.29, 0.717) is 18.9 Å². The number of amides is 1. The van der Waals surface area contributed by atoms with Gasteiger partial charge >= 0.3 is 0 Å². The molecular weight excluding hydrogens is 221 g/mol. The van der Waals surface area contributed by atoms with Gasteiger partial charge in [-0.25, -0.2) is 4.39 Å². The van der Waals surface area contributed by atoms with E-state index in [1.807, 2.05) is 0 Å². The number of halogens is 2. The van der Waals surface area contributed by atoms with E-state index in [9.17, 15) is 9.18 Å². The van der Waals surface area contributed by atoms with Crippen LogP contribution >= 0.6 is 11.6 Å². The van der Waals surface area contributed by atoms with Crippen LogP contribution in [0.25, 0.3) is 0 Å². The van der Waals surface area contributed by atoms with Crippen LogP contribution in [0, 0.1) is 5.82 Å². The molecule has 0 bridgehead atoms. The molecule has 0 spiro atoms. The molecule has 0 saturated heterocycles. The SMILES string of the molecule is O=C(CCl)NCCOc1ccc(F)cc1. The molecule has 3 nitrogen and oxygen atoms in total. The highest BCUT2D eigenvalue weighted by Crippen LogP contribution is 2.10. The zero-order valence-electron chi connectivity index (χ0n) is 8.00. The molecule has 0 atom stereocenters. The molecule has 5 heteroatoms. The van der Waals surface area contributed by atoms with Crippen molar-refractivity contribution in [2.75, 3.05) is 19.0 Å². The van der Waals surface area contributed by atoms with Gasteiger partial charge in [0.05, 0.1) is 6.54 Å². The second kappa shape index (κ2) is 6.24. The van der Waals surface area contributed by atoms with E-state index >= 15 is 0 Å². The van der Waals surface area contributed by atoms with E-state index in [2.05, 4.69) is 5.32 Å². The summed E-state index contributed by atoms with van der Waals surface area (Å²) in [5.41, 5.74) is 0. The highest BCUT2D eigenvalue weighted by molar-refractivity contribution is 6.27. The van der Waals surface area contributed by atoms with Crippen LogP contribution < -0.4 is 10.1 Å². The summed E-state index contributed by atoms with van der Waals surface area (Å²) in [5.74, 6) is -0.0370. The van der Waals surface area contributed by atoms with Crippen molar-refractivity contribution in [2.24, 2.45) is 0 Å². The Hall–Kier alpha value is -1.29. The summed E-state index contributed by atoms with van der Waals surface area (Å²) < 4.78 is 17.7. The standard InChI is InChI=1S/C10H11ClFNO2/c11-7-10(14)13-5-6-15-9-3-1-8(12)2-4-9/h1-4H,5-7H2,(H,13,14). The van der Waals surface area contributed by atoms with E-state index < -0.39 is 0 Å². The molecule has 1 amide bonds. The second-order valence-electron chi connectivity index (χ2n) is 2.79. The van der Waals surface area contributed by atoms with Gasteiger partial charge in [-0.1, -0.05) is 0 Å². The quantitative estimate of drug-likeness (QED) is 0.617. The van der Waals surface area contributed by atoms with Crippen LogP contribution in [-0.4, -0.2) is 24.9 Å². The molecule has 0 fully saturated rings. The molecular formula is C10H11ClFNO2. The maximum atomic E-state index is 12.5. The molecule has 1 rings (SSSR count). The first-order chi connectivity index (χ1) is 7.22. The fraction of sp³-hybridized carbons (Fsp3) is 0.300. The van der Waals surface area contributed by atoms with Gasteiger partial charge in [0.2, 0.25) is 5.91 Å². The minimum absolute atomic E-state index is 0.0590. The van der Waals surface area contributed by atoms with Gasteiger partial charge in [0.25, 0.3) is 0 Å². The first-order valence-corrected chi connectivity index (χ1v) is 4.97. The number of benzene rings is 1. The summed E-state index contributed by atoms with van der Waals surface area (Å²) >= 11 is 5.27. The number of carbonyl (C=O) groups excluding carboxylic acids is 1. The third-order valence-electron chi connectivity index (χ3n) is 1.63. The molecule has 0 saturated carbocycles. The van der Waals surface area contributed by atoms with Gasteiger partial charge in [0.15, 0.2) is 0 Å². The maximum absolute atomic E-state index is 12.5. The third kappa shape index (κ3) is 4.65. The normalized spacial score (nSPS) is 9.73. The lowest BCUT2D eigenvalue weighted by molar-refractivity contribution is -0.118. The van der Waals surface area contributed by atoms with E-state index in [-0.39, 0.29) is 17.6 Å². The van der Waals surface area contributed by atoms with Crippen LogP contribution in [-0.2, 0) is 4.79 Å². The number of hydrogen-bond donors (Lipinski definition) is 1. The van der Waals surface area contributed by atoms with Crippen LogP contribution in [0.1, 0.15) is 0 Å². The van der Waals surface area contributed by atoms with Crippen LogP contribution in [0.3, 0.4) is 0 Å². The van der Waals surface area contributed by atoms with Gasteiger partial charge in [-0.3, -0.25) is 4.79 Å². The Kier molecular flexibility index (Phi) is 4.90. The first-order valence-electron chi connectivity index (χ1n) is 4.43. The summed E-state index contributed by atoms with van der Waals surface area (Å²) in [6.07, 6.45) is 0. The zero-order valence-corrected chi connectivity index (χ0v) is 8.76. The predicted octanol–water partition coefficient (Wildman–Crippen LogP) is 1.56. The monoisotopic (exact) mass is 231 g/mol. The minimum atomic E-state index is -0.308. The molecule has 0 aliphatic carbocycles. The summed E-state index contributed by atoms with van der Waals surface area (Å²) in [4.78, 5) is 10.7. The van der Waals surface area contributed by atoms with Crippen molar-refractivity contribution in [3.63, 3.8) is 0 Å². The van der Waals surface area contributed by atoms with Crippen molar-refractivity contribution in [3.05, 3.63) is 30.1 Å². The zero-order chi connectivity index (χ0) is 11.1. The second-order valence-corrected chi connectivity index (χ2v) is 3.05. The smallest absolute Gasteiger partial charge is 0.235 e. The average molecular weight is 232 g/mol. The molecule has 0 aliphatic heterocycles.